The number of piperazine rings is 1. The van der Waals surface area contributed by atoms with Crippen molar-refractivity contribution in [2.75, 3.05) is 57.1 Å². The molecule has 1 aliphatic heterocycles. The molecule has 8 heteroatoms. The summed E-state index contributed by atoms with van der Waals surface area (Å²) in [6.07, 6.45) is 5.76. The van der Waals surface area contributed by atoms with Gasteiger partial charge in [-0.2, -0.15) is 0 Å². The van der Waals surface area contributed by atoms with Crippen LogP contribution in [0.3, 0.4) is 0 Å². The van der Waals surface area contributed by atoms with Crippen molar-refractivity contribution in [1.29, 1.82) is 0 Å². The van der Waals surface area contributed by atoms with Gasteiger partial charge in [0.15, 0.2) is 10.9 Å². The van der Waals surface area contributed by atoms with E-state index in [1.54, 1.807) is 23.6 Å². The van der Waals surface area contributed by atoms with Gasteiger partial charge in [-0.05, 0) is 42.3 Å². The summed E-state index contributed by atoms with van der Waals surface area (Å²) in [5, 5.41) is 3.10. The Morgan fingerprint density at radius 1 is 0.971 bits per heavy atom. The van der Waals surface area contributed by atoms with E-state index in [9.17, 15) is 4.79 Å². The van der Waals surface area contributed by atoms with Gasteiger partial charge in [0.1, 0.15) is 5.82 Å². The summed E-state index contributed by atoms with van der Waals surface area (Å²) in [6.45, 7) is 3.85. The monoisotopic (exact) mass is 472 g/mol. The van der Waals surface area contributed by atoms with Crippen LogP contribution in [0.25, 0.3) is 21.2 Å². The summed E-state index contributed by atoms with van der Waals surface area (Å²) < 4.78 is 0. The number of pyridine rings is 2. The molecule has 0 aliphatic carbocycles. The quantitative estimate of drug-likeness (QED) is 0.393. The van der Waals surface area contributed by atoms with E-state index in [-0.39, 0.29) is 12.2 Å². The molecule has 1 aliphatic rings. The van der Waals surface area contributed by atoms with Gasteiger partial charge in [-0.3, -0.25) is 9.78 Å². The van der Waals surface area contributed by atoms with Crippen LogP contribution in [-0.4, -0.2) is 73.0 Å². The lowest BCUT2D eigenvalue weighted by molar-refractivity contribution is 0.0992. The van der Waals surface area contributed by atoms with Crippen molar-refractivity contribution in [2.24, 2.45) is 0 Å². The Morgan fingerprint density at radius 3 is 2.56 bits per heavy atom. The zero-order valence-corrected chi connectivity index (χ0v) is 20.5. The van der Waals surface area contributed by atoms with E-state index in [0.717, 1.165) is 64.0 Å². The minimum Gasteiger partial charge on any atom is -0.354 e. The van der Waals surface area contributed by atoms with Gasteiger partial charge in [0, 0.05) is 75.5 Å². The van der Waals surface area contributed by atoms with Crippen molar-refractivity contribution >= 4 is 38.8 Å². The fourth-order valence-electron chi connectivity index (χ4n) is 4.11. The molecule has 0 unspecified atom stereocenters. The Hall–Kier alpha value is -3.36. The van der Waals surface area contributed by atoms with Crippen LogP contribution in [0.2, 0.25) is 0 Å². The van der Waals surface area contributed by atoms with Crippen molar-refractivity contribution in [2.45, 2.75) is 6.42 Å². The molecule has 34 heavy (non-hydrogen) atoms. The molecule has 1 aromatic carbocycles. The molecule has 3 aromatic heterocycles. The molecule has 4 aromatic rings. The van der Waals surface area contributed by atoms with Gasteiger partial charge < -0.3 is 14.7 Å². The second-order valence-corrected chi connectivity index (χ2v) is 9.94. The number of carbonyl (C=O) groups is 1. The molecule has 0 bridgehead atoms. The number of nitrogens with zero attached hydrogens (tertiary/aromatic N) is 6. The molecule has 1 fully saturated rings. The minimum absolute atomic E-state index is 0.0545. The Bertz CT molecular complexity index is 1330. The number of fused-ring (bicyclic) bond motifs is 1. The molecule has 5 rings (SSSR count). The number of aromatic nitrogens is 3. The lowest BCUT2D eigenvalue weighted by Gasteiger charge is -2.33. The van der Waals surface area contributed by atoms with Gasteiger partial charge in [-0.25, -0.2) is 9.97 Å². The van der Waals surface area contributed by atoms with Crippen LogP contribution in [0.4, 0.5) is 10.9 Å². The molecule has 0 spiro atoms. The number of carbonyl (C=O) groups excluding carboxylic acids is 1. The highest BCUT2D eigenvalue weighted by Crippen LogP contribution is 2.32. The van der Waals surface area contributed by atoms with Crippen molar-refractivity contribution in [3.05, 3.63) is 66.2 Å². The molecular formula is C26H28N6OS. The summed E-state index contributed by atoms with van der Waals surface area (Å²) in [6, 6.07) is 12.1. The highest BCUT2D eigenvalue weighted by Gasteiger charge is 2.17. The summed E-state index contributed by atoms with van der Waals surface area (Å²) in [5.41, 5.74) is 2.57. The van der Waals surface area contributed by atoms with Gasteiger partial charge in [0.2, 0.25) is 0 Å². The van der Waals surface area contributed by atoms with Crippen LogP contribution in [0, 0.1) is 0 Å². The maximum atomic E-state index is 13.1. The van der Waals surface area contributed by atoms with Crippen molar-refractivity contribution in [3.8, 4) is 10.4 Å². The molecule has 174 valence electrons. The van der Waals surface area contributed by atoms with Gasteiger partial charge in [-0.15, -0.1) is 0 Å². The molecule has 0 saturated carbocycles. The first-order chi connectivity index (χ1) is 16.5. The number of rotatable bonds is 6. The number of thiazole rings is 1. The van der Waals surface area contributed by atoms with E-state index < -0.39 is 0 Å². The molecule has 4 heterocycles. The second kappa shape index (κ2) is 9.48. The highest BCUT2D eigenvalue weighted by molar-refractivity contribution is 7.18. The highest BCUT2D eigenvalue weighted by atomic mass is 32.1. The first-order valence-corrected chi connectivity index (χ1v) is 12.2. The van der Waals surface area contributed by atoms with Gasteiger partial charge in [-0.1, -0.05) is 23.5 Å². The third-order valence-corrected chi connectivity index (χ3v) is 7.39. The number of hydrogen-bond donors (Lipinski definition) is 0. The van der Waals surface area contributed by atoms with E-state index in [2.05, 4.69) is 50.0 Å². The molecule has 0 radical (unpaired) electrons. The predicted octanol–water partition coefficient (Wildman–Crippen LogP) is 4.00. The van der Waals surface area contributed by atoms with E-state index in [0.29, 0.717) is 5.56 Å². The first kappa shape index (κ1) is 22.4. The SMILES string of the molecule is CN1CCN(c2cc(C(=O)Cc3cc4cc(-c5cnc(N(C)C)s5)ccc4cn3)ccn2)CC1. The zero-order valence-electron chi connectivity index (χ0n) is 19.7. The maximum absolute atomic E-state index is 13.1. The van der Waals surface area contributed by atoms with E-state index in [1.807, 2.05) is 43.5 Å². The summed E-state index contributed by atoms with van der Waals surface area (Å²) in [4.78, 5) is 34.3. The van der Waals surface area contributed by atoms with Gasteiger partial charge >= 0.3 is 0 Å². The number of ketones is 1. The smallest absolute Gasteiger partial charge is 0.185 e. The molecular weight excluding hydrogens is 444 g/mol. The summed E-state index contributed by atoms with van der Waals surface area (Å²) in [7, 11) is 6.12. The first-order valence-electron chi connectivity index (χ1n) is 11.4. The normalized spacial score (nSPS) is 14.5. The minimum atomic E-state index is 0.0545. The summed E-state index contributed by atoms with van der Waals surface area (Å²) >= 11 is 1.66. The third-order valence-electron chi connectivity index (χ3n) is 6.18. The Labute approximate surface area is 203 Å². The van der Waals surface area contributed by atoms with E-state index in [4.69, 9.17) is 0 Å². The van der Waals surface area contributed by atoms with E-state index in [1.165, 1.54) is 0 Å². The van der Waals surface area contributed by atoms with Crippen LogP contribution in [0.1, 0.15) is 16.1 Å². The van der Waals surface area contributed by atoms with Crippen LogP contribution < -0.4 is 9.80 Å². The number of anilines is 2. The van der Waals surface area contributed by atoms with Gasteiger partial charge in [0.05, 0.1) is 11.3 Å². The molecule has 0 atom stereocenters. The third kappa shape index (κ3) is 4.78. The average Bonchev–Trinajstić information content (AvgIpc) is 3.35. The second-order valence-electron chi connectivity index (χ2n) is 8.93. The number of Topliss-reactive ketones (excluding diaryl/α,β-unsaturated/α-hetero) is 1. The number of likely N-dealkylation sites (N-methyl/N-ethyl adjacent to an activating group) is 1. The lowest BCUT2D eigenvalue weighted by atomic mass is 10.0. The Balaban J connectivity index is 1.35. The van der Waals surface area contributed by atoms with Crippen molar-refractivity contribution < 1.29 is 4.79 Å². The molecule has 1 saturated heterocycles. The topological polar surface area (TPSA) is 65.5 Å². The maximum Gasteiger partial charge on any atom is 0.185 e. The molecule has 0 amide bonds. The zero-order chi connectivity index (χ0) is 23.7. The standard InChI is InChI=1S/C26H28N6OS/c1-30(2)26-29-17-24(34-26)19-4-5-20-16-28-22(13-21(20)12-19)15-23(33)18-6-7-27-25(14-18)32-10-8-31(3)9-11-32/h4-7,12-14,16-17H,8-11,15H2,1-3H3. The van der Waals surface area contributed by atoms with Crippen LogP contribution >= 0.6 is 11.3 Å². The molecule has 0 N–H and O–H groups in total. The molecule has 7 nitrogen and oxygen atoms in total. The Morgan fingerprint density at radius 2 is 1.79 bits per heavy atom. The largest absolute Gasteiger partial charge is 0.354 e. The van der Waals surface area contributed by atoms with Crippen LogP contribution in [0.5, 0.6) is 0 Å². The van der Waals surface area contributed by atoms with Crippen molar-refractivity contribution in [3.63, 3.8) is 0 Å². The number of hydrogen-bond acceptors (Lipinski definition) is 8. The number of benzene rings is 1. The van der Waals surface area contributed by atoms with Crippen LogP contribution in [0.15, 0.2) is 55.0 Å². The predicted molar refractivity (Wildman–Crippen MR) is 139 cm³/mol. The lowest BCUT2D eigenvalue weighted by Crippen LogP contribution is -2.44. The summed E-state index contributed by atoms with van der Waals surface area (Å²) in [5.74, 6) is 0.926. The average molecular weight is 473 g/mol. The van der Waals surface area contributed by atoms with Gasteiger partial charge in [0.25, 0.3) is 0 Å². The van der Waals surface area contributed by atoms with E-state index >= 15 is 0 Å². The van der Waals surface area contributed by atoms with Crippen molar-refractivity contribution in [1.82, 2.24) is 19.9 Å². The van der Waals surface area contributed by atoms with Crippen LogP contribution in [-0.2, 0) is 6.42 Å². The Kier molecular flexibility index (Phi) is 6.26. The fraction of sp³-hybridized carbons (Fsp3) is 0.308. The fourth-order valence-corrected chi connectivity index (χ4v) is 4.94.